The van der Waals surface area contributed by atoms with Crippen LogP contribution in [0.5, 0.6) is 5.75 Å². The highest BCUT2D eigenvalue weighted by atomic mass is 19.1. The average molecular weight is 383 g/mol. The highest BCUT2D eigenvalue weighted by molar-refractivity contribution is 5.70. The summed E-state index contributed by atoms with van der Waals surface area (Å²) >= 11 is 0. The molecule has 5 heteroatoms. The number of aliphatic carboxylic acids is 1. The maximum Gasteiger partial charge on any atom is 0.306 e. The second kappa shape index (κ2) is 7.82. The maximum atomic E-state index is 14.5. The van der Waals surface area contributed by atoms with Crippen LogP contribution in [0.4, 0.5) is 10.1 Å². The number of nitrogens with zero attached hydrogens (tertiary/aromatic N) is 1. The number of carbonyl (C=O) groups is 1. The molecular formula is C23H26FNO3. The fourth-order valence-corrected chi connectivity index (χ4v) is 3.87. The Labute approximate surface area is 164 Å². The predicted molar refractivity (Wildman–Crippen MR) is 106 cm³/mol. The number of anilines is 1. The SMILES string of the molecule is CC(Cc1ccc2c(c1)CCN(c1cc(OC3CCC3)ccc1F)C2)C(=O)O. The summed E-state index contributed by atoms with van der Waals surface area (Å²) in [5.41, 5.74) is 4.03. The molecule has 28 heavy (non-hydrogen) atoms. The predicted octanol–water partition coefficient (Wildman–Crippen LogP) is 4.58. The van der Waals surface area contributed by atoms with E-state index in [1.165, 1.54) is 23.6 Å². The molecule has 0 amide bonds. The molecule has 1 aliphatic heterocycles. The van der Waals surface area contributed by atoms with Gasteiger partial charge in [0, 0.05) is 19.2 Å². The first-order valence-corrected chi connectivity index (χ1v) is 10.0. The lowest BCUT2D eigenvalue weighted by Gasteiger charge is -2.32. The summed E-state index contributed by atoms with van der Waals surface area (Å²) in [5.74, 6) is -0.657. The van der Waals surface area contributed by atoms with Crippen molar-refractivity contribution in [2.45, 2.75) is 51.7 Å². The molecule has 4 rings (SSSR count). The van der Waals surface area contributed by atoms with Crippen molar-refractivity contribution < 1.29 is 19.0 Å². The third-order valence-corrected chi connectivity index (χ3v) is 5.86. The van der Waals surface area contributed by atoms with Gasteiger partial charge in [0.05, 0.1) is 17.7 Å². The molecule has 4 nitrogen and oxygen atoms in total. The lowest BCUT2D eigenvalue weighted by atomic mass is 9.93. The minimum absolute atomic E-state index is 0.226. The van der Waals surface area contributed by atoms with E-state index in [9.17, 15) is 9.18 Å². The third-order valence-electron chi connectivity index (χ3n) is 5.86. The zero-order chi connectivity index (χ0) is 19.7. The minimum Gasteiger partial charge on any atom is -0.490 e. The van der Waals surface area contributed by atoms with E-state index in [-0.39, 0.29) is 11.9 Å². The number of carboxylic acid groups (broad SMARTS) is 1. The molecule has 1 N–H and O–H groups in total. The fourth-order valence-electron chi connectivity index (χ4n) is 3.87. The fraction of sp³-hybridized carbons (Fsp3) is 0.435. The summed E-state index contributed by atoms with van der Waals surface area (Å²) in [6.45, 7) is 3.10. The standard InChI is InChI=1S/C23H26FNO3/c1-15(23(26)27)11-16-5-6-18-14-25(10-9-17(18)12-16)22-13-20(7-8-21(22)24)28-19-3-2-4-19/h5-8,12-13,15,19H,2-4,9-11,14H2,1H3,(H,26,27). The van der Waals surface area contributed by atoms with Crippen molar-refractivity contribution in [3.8, 4) is 5.75 Å². The van der Waals surface area contributed by atoms with Gasteiger partial charge in [0.15, 0.2) is 0 Å². The van der Waals surface area contributed by atoms with Crippen molar-refractivity contribution in [1.82, 2.24) is 0 Å². The van der Waals surface area contributed by atoms with Gasteiger partial charge < -0.3 is 14.7 Å². The van der Waals surface area contributed by atoms with Crippen molar-refractivity contribution >= 4 is 11.7 Å². The van der Waals surface area contributed by atoms with Gasteiger partial charge in [0.2, 0.25) is 0 Å². The van der Waals surface area contributed by atoms with Crippen molar-refractivity contribution in [3.63, 3.8) is 0 Å². The van der Waals surface area contributed by atoms with Gasteiger partial charge >= 0.3 is 5.97 Å². The summed E-state index contributed by atoms with van der Waals surface area (Å²) in [6.07, 6.45) is 4.97. The average Bonchev–Trinajstić information content (AvgIpc) is 2.65. The molecule has 2 aliphatic rings. The van der Waals surface area contributed by atoms with Gasteiger partial charge in [-0.05, 0) is 60.9 Å². The summed E-state index contributed by atoms with van der Waals surface area (Å²) in [6, 6.07) is 11.2. The first-order chi connectivity index (χ1) is 13.5. The van der Waals surface area contributed by atoms with Crippen LogP contribution in [0.3, 0.4) is 0 Å². The first-order valence-electron chi connectivity index (χ1n) is 10.0. The second-order valence-corrected chi connectivity index (χ2v) is 8.00. The lowest BCUT2D eigenvalue weighted by Crippen LogP contribution is -2.31. The molecular weight excluding hydrogens is 357 g/mol. The topological polar surface area (TPSA) is 49.8 Å². The quantitative estimate of drug-likeness (QED) is 0.793. The summed E-state index contributed by atoms with van der Waals surface area (Å²) in [5, 5.41) is 9.11. The number of hydrogen-bond donors (Lipinski definition) is 1. The van der Waals surface area contributed by atoms with Gasteiger partial charge in [-0.3, -0.25) is 4.79 Å². The summed E-state index contributed by atoms with van der Waals surface area (Å²) in [7, 11) is 0. The highest BCUT2D eigenvalue weighted by Crippen LogP contribution is 2.32. The number of ether oxygens (including phenoxy) is 1. The van der Waals surface area contributed by atoms with E-state index < -0.39 is 11.9 Å². The van der Waals surface area contributed by atoms with Crippen LogP contribution in [-0.4, -0.2) is 23.7 Å². The Morgan fingerprint density at radius 1 is 1.25 bits per heavy atom. The monoisotopic (exact) mass is 383 g/mol. The Morgan fingerprint density at radius 3 is 2.79 bits per heavy atom. The number of fused-ring (bicyclic) bond motifs is 1. The summed E-state index contributed by atoms with van der Waals surface area (Å²) < 4.78 is 20.4. The Kier molecular flexibility index (Phi) is 5.25. The molecule has 1 heterocycles. The molecule has 1 unspecified atom stereocenters. The van der Waals surface area contributed by atoms with E-state index in [0.717, 1.165) is 37.1 Å². The summed E-state index contributed by atoms with van der Waals surface area (Å²) in [4.78, 5) is 13.1. The molecule has 1 saturated carbocycles. The van der Waals surface area contributed by atoms with Gasteiger partial charge in [-0.15, -0.1) is 0 Å². The van der Waals surface area contributed by atoms with E-state index in [1.54, 1.807) is 13.0 Å². The largest absolute Gasteiger partial charge is 0.490 e. The molecule has 1 fully saturated rings. The smallest absolute Gasteiger partial charge is 0.306 e. The minimum atomic E-state index is -0.775. The zero-order valence-corrected chi connectivity index (χ0v) is 16.2. The van der Waals surface area contributed by atoms with Crippen LogP contribution in [0.25, 0.3) is 0 Å². The maximum absolute atomic E-state index is 14.5. The van der Waals surface area contributed by atoms with Crippen LogP contribution in [0, 0.1) is 11.7 Å². The molecule has 0 spiro atoms. The Bertz CT molecular complexity index is 878. The molecule has 2 aromatic rings. The normalized spacial score (nSPS) is 17.6. The van der Waals surface area contributed by atoms with Gasteiger partial charge in [-0.25, -0.2) is 4.39 Å². The number of halogens is 1. The molecule has 0 aromatic heterocycles. The van der Waals surface area contributed by atoms with E-state index in [1.807, 2.05) is 12.1 Å². The van der Waals surface area contributed by atoms with E-state index >= 15 is 0 Å². The number of carboxylic acids is 1. The number of rotatable bonds is 6. The molecule has 0 saturated heterocycles. The van der Waals surface area contributed by atoms with Crippen LogP contribution >= 0.6 is 0 Å². The van der Waals surface area contributed by atoms with Gasteiger partial charge in [0.1, 0.15) is 11.6 Å². The van der Waals surface area contributed by atoms with Gasteiger partial charge in [-0.2, -0.15) is 0 Å². The van der Waals surface area contributed by atoms with Crippen LogP contribution in [0.15, 0.2) is 36.4 Å². The second-order valence-electron chi connectivity index (χ2n) is 8.00. The molecule has 0 bridgehead atoms. The highest BCUT2D eigenvalue weighted by Gasteiger charge is 2.23. The van der Waals surface area contributed by atoms with Gasteiger partial charge in [0.25, 0.3) is 0 Å². The van der Waals surface area contributed by atoms with Crippen molar-refractivity contribution in [2.75, 3.05) is 11.4 Å². The van der Waals surface area contributed by atoms with Crippen molar-refractivity contribution in [1.29, 1.82) is 0 Å². The molecule has 1 atom stereocenters. The van der Waals surface area contributed by atoms with Crippen LogP contribution in [0.2, 0.25) is 0 Å². The molecule has 1 aliphatic carbocycles. The molecule has 0 radical (unpaired) electrons. The lowest BCUT2D eigenvalue weighted by molar-refractivity contribution is -0.141. The van der Waals surface area contributed by atoms with E-state index in [2.05, 4.69) is 17.0 Å². The van der Waals surface area contributed by atoms with Crippen LogP contribution < -0.4 is 9.64 Å². The van der Waals surface area contributed by atoms with Crippen molar-refractivity contribution in [3.05, 3.63) is 58.9 Å². The zero-order valence-electron chi connectivity index (χ0n) is 16.2. The van der Waals surface area contributed by atoms with Crippen molar-refractivity contribution in [2.24, 2.45) is 5.92 Å². The van der Waals surface area contributed by atoms with Crippen LogP contribution in [-0.2, 0) is 24.2 Å². The Morgan fingerprint density at radius 2 is 2.07 bits per heavy atom. The molecule has 148 valence electrons. The number of benzene rings is 2. The first kappa shape index (κ1) is 18.8. The van der Waals surface area contributed by atoms with E-state index in [0.29, 0.717) is 18.7 Å². The Balaban J connectivity index is 1.49. The van der Waals surface area contributed by atoms with Crippen LogP contribution in [0.1, 0.15) is 42.9 Å². The molecule has 2 aromatic carbocycles. The third kappa shape index (κ3) is 3.98. The van der Waals surface area contributed by atoms with E-state index in [4.69, 9.17) is 9.84 Å². The van der Waals surface area contributed by atoms with Gasteiger partial charge in [-0.1, -0.05) is 25.1 Å². The number of hydrogen-bond acceptors (Lipinski definition) is 3. The Hall–Kier alpha value is -2.56.